The van der Waals surface area contributed by atoms with Crippen molar-refractivity contribution in [3.8, 4) is 0 Å². The minimum atomic E-state index is -4.47. The minimum absolute atomic E-state index is 0.0933. The zero-order valence-electron chi connectivity index (χ0n) is 45.1. The third kappa shape index (κ3) is 48.5. The number of phosphoric ester groups is 1. The molecule has 1 unspecified atom stereocenters. The summed E-state index contributed by atoms with van der Waals surface area (Å²) in [4.78, 5) is 36.0. The van der Waals surface area contributed by atoms with Crippen LogP contribution in [-0.2, 0) is 32.7 Å². The summed E-state index contributed by atoms with van der Waals surface area (Å²) in [5.41, 5.74) is 5.20. The topological polar surface area (TPSA) is 108 Å². The molecule has 0 rings (SSSR count). The number of rotatable bonds is 48. The molecule has 0 aromatic rings. The zero-order valence-corrected chi connectivity index (χ0v) is 46.0. The molecule has 394 valence electrons. The first-order chi connectivity index (χ1) is 32.9. The first-order valence-corrected chi connectivity index (χ1v) is 29.2. The van der Waals surface area contributed by atoms with Gasteiger partial charge in [-0.15, -0.1) is 0 Å². The third-order valence-electron chi connectivity index (χ3n) is 12.3. The largest absolute Gasteiger partial charge is 0.472 e. The summed E-state index contributed by atoms with van der Waals surface area (Å²) < 4.78 is 34.6. The van der Waals surface area contributed by atoms with E-state index >= 15 is 0 Å². The Morgan fingerprint density at radius 3 is 1.26 bits per heavy atom. The van der Waals surface area contributed by atoms with Crippen molar-refractivity contribution in [3.05, 3.63) is 70.9 Å². The summed E-state index contributed by atoms with van der Waals surface area (Å²) in [6, 6.07) is 0. The maximum absolute atomic E-state index is 12.9. The lowest BCUT2D eigenvalue weighted by Gasteiger charge is -2.19. The van der Waals surface area contributed by atoms with E-state index in [0.717, 1.165) is 115 Å². The number of esters is 2. The van der Waals surface area contributed by atoms with Crippen LogP contribution in [0.2, 0.25) is 0 Å². The molecule has 0 bridgehead atoms. The van der Waals surface area contributed by atoms with E-state index in [-0.39, 0.29) is 32.0 Å². The van der Waals surface area contributed by atoms with Gasteiger partial charge in [0.15, 0.2) is 6.10 Å². The van der Waals surface area contributed by atoms with E-state index in [1.165, 1.54) is 107 Å². The molecule has 0 saturated carbocycles. The molecule has 0 saturated heterocycles. The number of carbonyl (C=O) groups is 2. The van der Waals surface area contributed by atoms with E-state index in [0.29, 0.717) is 6.42 Å². The maximum Gasteiger partial charge on any atom is 0.472 e. The number of unbranched alkanes of at least 4 members (excludes halogenated alkanes) is 22. The van der Waals surface area contributed by atoms with Crippen LogP contribution in [0.5, 0.6) is 0 Å². The lowest BCUT2D eigenvalue weighted by molar-refractivity contribution is -0.161. The molecule has 2 atom stereocenters. The van der Waals surface area contributed by atoms with Crippen LogP contribution in [0.1, 0.15) is 267 Å². The minimum Gasteiger partial charge on any atom is -0.462 e. The molecule has 0 aliphatic rings. The number of hydrogen-bond acceptors (Lipinski definition) is 7. The molecule has 0 fully saturated rings. The van der Waals surface area contributed by atoms with Crippen molar-refractivity contribution in [3.63, 3.8) is 0 Å². The molecule has 0 spiro atoms. The first kappa shape index (κ1) is 65.5. The Morgan fingerprint density at radius 2 is 0.824 bits per heavy atom. The van der Waals surface area contributed by atoms with Crippen molar-refractivity contribution < 1.29 is 37.6 Å². The molecule has 0 radical (unpaired) electrons. The van der Waals surface area contributed by atoms with Crippen LogP contribution < -0.4 is 0 Å². The summed E-state index contributed by atoms with van der Waals surface area (Å²) in [6.45, 7) is 14.4. The zero-order chi connectivity index (χ0) is 50.2. The number of ether oxygens (including phenoxy) is 2. The van der Waals surface area contributed by atoms with Crippen LogP contribution in [0.4, 0.5) is 0 Å². The lowest BCUT2D eigenvalue weighted by Crippen LogP contribution is -2.29. The van der Waals surface area contributed by atoms with Crippen LogP contribution in [0, 0.1) is 0 Å². The molecular formula is C59H105O8P. The molecule has 8 nitrogen and oxygen atoms in total. The molecule has 68 heavy (non-hydrogen) atoms. The fourth-order valence-corrected chi connectivity index (χ4v) is 8.47. The van der Waals surface area contributed by atoms with Gasteiger partial charge in [0.25, 0.3) is 0 Å². The van der Waals surface area contributed by atoms with E-state index in [9.17, 15) is 19.0 Å². The summed E-state index contributed by atoms with van der Waals surface area (Å²) in [5.74, 6) is -0.824. The Balaban J connectivity index is 4.81. The summed E-state index contributed by atoms with van der Waals surface area (Å²) >= 11 is 0. The van der Waals surface area contributed by atoms with Gasteiger partial charge in [0.1, 0.15) is 6.61 Å². The third-order valence-corrected chi connectivity index (χ3v) is 13.2. The first-order valence-electron chi connectivity index (χ1n) is 27.8. The predicted octanol–water partition coefficient (Wildman–Crippen LogP) is 18.8. The van der Waals surface area contributed by atoms with Crippen molar-refractivity contribution in [2.24, 2.45) is 0 Å². The van der Waals surface area contributed by atoms with Gasteiger partial charge < -0.3 is 14.4 Å². The smallest absolute Gasteiger partial charge is 0.462 e. The van der Waals surface area contributed by atoms with Gasteiger partial charge in [-0.1, -0.05) is 187 Å². The maximum atomic E-state index is 12.9. The SMILES string of the molecule is CCCCCCCC/C=C\CCCCCCCC(=O)OC[C@H](COP(=O)(O)OC/C=C(\C)CC/C=C(\C)CC/C=C(\C)CCC=C(C)C)OC(=O)CCCCCCC/C=C\CCCCCCCC. The molecule has 1 N–H and O–H groups in total. The van der Waals surface area contributed by atoms with Crippen LogP contribution in [0.3, 0.4) is 0 Å². The standard InChI is InChI=1S/C59H105O8P/c1-8-10-12-14-16-18-20-22-24-26-28-30-32-34-36-47-58(60)64-51-57(67-59(61)48-37-35-33-31-29-27-25-23-21-19-17-15-13-11-9-2)52-66-68(62,63)65-50-49-56(7)46-40-45-55(6)44-39-43-54(5)42-38-41-53(3)4/h22-25,41,43,45,49,57H,8-21,26-40,42,44,46-48,50-52H2,1-7H3,(H,62,63)/b24-22-,25-23-,54-43+,55-45+,56-49+/t57-/m1/s1. The summed E-state index contributed by atoms with van der Waals surface area (Å²) in [7, 11) is -4.47. The Kier molecular flexibility index (Phi) is 46.4. The second-order valence-corrected chi connectivity index (χ2v) is 21.0. The molecular weight excluding hydrogens is 868 g/mol. The average Bonchev–Trinajstić information content (AvgIpc) is 3.29. The second kappa shape index (κ2) is 48.1. The van der Waals surface area contributed by atoms with Crippen molar-refractivity contribution in [1.82, 2.24) is 0 Å². The fourth-order valence-electron chi connectivity index (χ4n) is 7.77. The van der Waals surface area contributed by atoms with Crippen LogP contribution >= 0.6 is 7.82 Å². The van der Waals surface area contributed by atoms with Gasteiger partial charge in [-0.05, 0) is 137 Å². The highest BCUT2D eigenvalue weighted by Gasteiger charge is 2.26. The molecule has 0 aliphatic heterocycles. The second-order valence-electron chi connectivity index (χ2n) is 19.6. The van der Waals surface area contributed by atoms with Gasteiger partial charge in [-0.25, -0.2) is 4.57 Å². The highest BCUT2D eigenvalue weighted by Crippen LogP contribution is 2.43. The molecule has 0 aliphatic carbocycles. The molecule has 0 aromatic carbocycles. The Hall–Kier alpha value is -2.51. The van der Waals surface area contributed by atoms with Crippen LogP contribution in [0.25, 0.3) is 0 Å². The quantitative estimate of drug-likeness (QED) is 0.0278. The van der Waals surface area contributed by atoms with E-state index in [4.69, 9.17) is 18.5 Å². The van der Waals surface area contributed by atoms with Crippen molar-refractivity contribution in [2.75, 3.05) is 19.8 Å². The predicted molar refractivity (Wildman–Crippen MR) is 290 cm³/mol. The van der Waals surface area contributed by atoms with E-state index < -0.39 is 26.5 Å². The number of phosphoric acid groups is 1. The normalized spacial score (nSPS) is 13.9. The van der Waals surface area contributed by atoms with E-state index in [1.807, 2.05) is 6.92 Å². The lowest BCUT2D eigenvalue weighted by atomic mass is 10.0. The van der Waals surface area contributed by atoms with Crippen molar-refractivity contribution >= 4 is 19.8 Å². The molecule has 0 amide bonds. The monoisotopic (exact) mass is 973 g/mol. The van der Waals surface area contributed by atoms with Crippen LogP contribution in [0.15, 0.2) is 70.9 Å². The Morgan fingerprint density at radius 1 is 0.441 bits per heavy atom. The van der Waals surface area contributed by atoms with Gasteiger partial charge in [0, 0.05) is 12.8 Å². The van der Waals surface area contributed by atoms with E-state index in [2.05, 4.69) is 84.1 Å². The van der Waals surface area contributed by atoms with Crippen molar-refractivity contribution in [2.45, 2.75) is 273 Å². The summed E-state index contributed by atoms with van der Waals surface area (Å²) in [5, 5.41) is 0. The van der Waals surface area contributed by atoms with Crippen molar-refractivity contribution in [1.29, 1.82) is 0 Å². The van der Waals surface area contributed by atoms with Gasteiger partial charge in [-0.3, -0.25) is 18.6 Å². The number of allylic oxidation sites excluding steroid dienone is 11. The average molecular weight is 973 g/mol. The van der Waals surface area contributed by atoms with Gasteiger partial charge in [0.05, 0.1) is 13.2 Å². The molecule has 0 heterocycles. The van der Waals surface area contributed by atoms with E-state index in [1.54, 1.807) is 6.08 Å². The van der Waals surface area contributed by atoms with Gasteiger partial charge >= 0.3 is 19.8 Å². The van der Waals surface area contributed by atoms with Gasteiger partial charge in [-0.2, -0.15) is 0 Å². The number of carbonyl (C=O) groups excluding carboxylic acids is 2. The molecule has 0 aromatic heterocycles. The fraction of sp³-hybridized carbons (Fsp3) is 0.763. The molecule has 9 heteroatoms. The summed E-state index contributed by atoms with van der Waals surface area (Å²) in [6.07, 6.45) is 53.8. The van der Waals surface area contributed by atoms with Gasteiger partial charge in [0.2, 0.25) is 0 Å². The Labute approximate surface area is 419 Å². The highest BCUT2D eigenvalue weighted by atomic mass is 31.2. The number of hydrogen-bond donors (Lipinski definition) is 1. The highest BCUT2D eigenvalue weighted by molar-refractivity contribution is 7.47. The Bertz CT molecular complexity index is 1450. The van der Waals surface area contributed by atoms with Crippen LogP contribution in [-0.4, -0.2) is 42.8 Å².